The lowest BCUT2D eigenvalue weighted by molar-refractivity contribution is 0.323. The average Bonchev–Trinajstić information content (AvgIpc) is 3.32. The second-order valence-electron chi connectivity index (χ2n) is 6.63. The molecule has 0 bridgehead atoms. The quantitative estimate of drug-likeness (QED) is 0.735. The molecule has 25 heavy (non-hydrogen) atoms. The Labute approximate surface area is 151 Å². The first-order chi connectivity index (χ1) is 12.2. The highest BCUT2D eigenvalue weighted by Gasteiger charge is 2.18. The van der Waals surface area contributed by atoms with Gasteiger partial charge in [-0.1, -0.05) is 0 Å². The van der Waals surface area contributed by atoms with Crippen molar-refractivity contribution in [1.29, 1.82) is 0 Å². The van der Waals surface area contributed by atoms with Crippen molar-refractivity contribution in [1.82, 2.24) is 24.6 Å². The van der Waals surface area contributed by atoms with Crippen molar-refractivity contribution in [3.05, 3.63) is 34.7 Å². The molecule has 1 N–H and O–H groups in total. The van der Waals surface area contributed by atoms with Crippen LogP contribution >= 0.6 is 11.3 Å². The summed E-state index contributed by atoms with van der Waals surface area (Å²) in [7, 11) is 0. The van der Waals surface area contributed by atoms with Gasteiger partial charge in [-0.25, -0.2) is 9.97 Å². The molecule has 6 nitrogen and oxygen atoms in total. The van der Waals surface area contributed by atoms with Crippen LogP contribution in [0.15, 0.2) is 18.5 Å². The van der Waals surface area contributed by atoms with Crippen molar-refractivity contribution < 1.29 is 0 Å². The van der Waals surface area contributed by atoms with Crippen molar-refractivity contribution in [2.24, 2.45) is 0 Å². The molecule has 4 rings (SSSR count). The zero-order valence-corrected chi connectivity index (χ0v) is 15.6. The lowest BCUT2D eigenvalue weighted by Gasteiger charge is -2.15. The molecule has 0 radical (unpaired) electrons. The van der Waals surface area contributed by atoms with Crippen molar-refractivity contribution >= 4 is 27.4 Å². The topological polar surface area (TPSA) is 58.9 Å². The fourth-order valence-electron chi connectivity index (χ4n) is 3.35. The predicted molar refractivity (Wildman–Crippen MR) is 102 cm³/mol. The number of nitrogens with zero attached hydrogens (tertiary/aromatic N) is 5. The van der Waals surface area contributed by atoms with Crippen molar-refractivity contribution in [2.75, 3.05) is 25.0 Å². The van der Waals surface area contributed by atoms with E-state index in [9.17, 15) is 0 Å². The summed E-state index contributed by atoms with van der Waals surface area (Å²) in [5.74, 6) is 1.89. The molecule has 1 aliphatic rings. The summed E-state index contributed by atoms with van der Waals surface area (Å²) in [6.45, 7) is 9.11. The molecule has 0 unspecified atom stereocenters. The molecule has 3 aromatic heterocycles. The number of anilines is 1. The Bertz CT molecular complexity index is 848. The highest BCUT2D eigenvalue weighted by atomic mass is 32.1. The van der Waals surface area contributed by atoms with Gasteiger partial charge in [-0.2, -0.15) is 5.10 Å². The molecule has 132 valence electrons. The highest BCUT2D eigenvalue weighted by Crippen LogP contribution is 2.33. The standard InChI is InChI=1S/C18H24N6S/c1-13-14(2)25-18-16(13)17(19-7-11-24-10-5-6-20-24)21-15(22-18)12-23-8-3-4-9-23/h5-6,10H,3-4,7-9,11-12H2,1-2H3,(H,19,21,22). The first-order valence-corrected chi connectivity index (χ1v) is 9.72. The van der Waals surface area contributed by atoms with Crippen LogP contribution in [0.3, 0.4) is 0 Å². The van der Waals surface area contributed by atoms with E-state index in [1.54, 1.807) is 11.3 Å². The summed E-state index contributed by atoms with van der Waals surface area (Å²) < 4.78 is 1.93. The molecule has 3 aromatic rings. The minimum absolute atomic E-state index is 0.797. The number of aromatic nitrogens is 4. The summed E-state index contributed by atoms with van der Waals surface area (Å²) >= 11 is 1.77. The Hall–Kier alpha value is -1.99. The van der Waals surface area contributed by atoms with Gasteiger partial charge >= 0.3 is 0 Å². The van der Waals surface area contributed by atoms with E-state index in [4.69, 9.17) is 9.97 Å². The van der Waals surface area contributed by atoms with Crippen LogP contribution in [0.5, 0.6) is 0 Å². The van der Waals surface area contributed by atoms with Gasteiger partial charge in [0.2, 0.25) is 0 Å². The van der Waals surface area contributed by atoms with Gasteiger partial charge in [0.05, 0.1) is 18.5 Å². The Balaban J connectivity index is 1.59. The molecular weight excluding hydrogens is 332 g/mol. The zero-order valence-electron chi connectivity index (χ0n) is 14.8. The third kappa shape index (κ3) is 3.52. The normalized spacial score (nSPS) is 15.3. The van der Waals surface area contributed by atoms with Crippen LogP contribution < -0.4 is 5.32 Å². The van der Waals surface area contributed by atoms with Gasteiger partial charge < -0.3 is 5.32 Å². The Morgan fingerprint density at radius 2 is 2.04 bits per heavy atom. The van der Waals surface area contributed by atoms with Crippen molar-refractivity contribution in [3.8, 4) is 0 Å². The fraction of sp³-hybridized carbons (Fsp3) is 0.500. The van der Waals surface area contributed by atoms with E-state index in [0.717, 1.165) is 49.2 Å². The van der Waals surface area contributed by atoms with E-state index < -0.39 is 0 Å². The second kappa shape index (κ2) is 7.09. The zero-order chi connectivity index (χ0) is 17.2. The summed E-state index contributed by atoms with van der Waals surface area (Å²) in [6.07, 6.45) is 6.36. The number of nitrogens with one attached hydrogen (secondary N) is 1. The van der Waals surface area contributed by atoms with Gasteiger partial charge in [-0.05, 0) is 51.4 Å². The molecular formula is C18H24N6S. The minimum Gasteiger partial charge on any atom is -0.368 e. The van der Waals surface area contributed by atoms with Crippen LogP contribution in [0, 0.1) is 13.8 Å². The number of hydrogen-bond acceptors (Lipinski definition) is 6. The van der Waals surface area contributed by atoms with E-state index in [0.29, 0.717) is 0 Å². The molecule has 4 heterocycles. The summed E-state index contributed by atoms with van der Waals surface area (Å²) in [6, 6.07) is 1.95. The lowest BCUT2D eigenvalue weighted by atomic mass is 10.2. The summed E-state index contributed by atoms with van der Waals surface area (Å²) in [5.41, 5.74) is 1.29. The maximum Gasteiger partial charge on any atom is 0.146 e. The van der Waals surface area contributed by atoms with Crippen molar-refractivity contribution in [2.45, 2.75) is 39.8 Å². The largest absolute Gasteiger partial charge is 0.368 e. The molecule has 0 atom stereocenters. The van der Waals surface area contributed by atoms with Crippen molar-refractivity contribution in [3.63, 3.8) is 0 Å². The van der Waals surface area contributed by atoms with E-state index in [2.05, 4.69) is 29.2 Å². The predicted octanol–water partition coefficient (Wildman–Crippen LogP) is 3.21. The number of rotatable bonds is 6. The van der Waals surface area contributed by atoms with E-state index in [-0.39, 0.29) is 0 Å². The summed E-state index contributed by atoms with van der Waals surface area (Å²) in [4.78, 5) is 14.6. The maximum absolute atomic E-state index is 4.87. The van der Waals surface area contributed by atoms with Crippen LogP contribution in [0.2, 0.25) is 0 Å². The molecule has 0 amide bonds. The average molecular weight is 356 g/mol. The molecule has 1 saturated heterocycles. The molecule has 7 heteroatoms. The number of fused-ring (bicyclic) bond motifs is 1. The van der Waals surface area contributed by atoms with Gasteiger partial charge in [0.1, 0.15) is 16.5 Å². The van der Waals surface area contributed by atoms with E-state index in [1.165, 1.54) is 28.7 Å². The van der Waals surface area contributed by atoms with Gasteiger partial charge in [-0.3, -0.25) is 9.58 Å². The molecule has 0 saturated carbocycles. The third-order valence-electron chi connectivity index (χ3n) is 4.83. The Kier molecular flexibility index (Phi) is 4.67. The van der Waals surface area contributed by atoms with E-state index in [1.807, 2.05) is 23.1 Å². The number of aryl methyl sites for hydroxylation is 2. The Morgan fingerprint density at radius 3 is 2.80 bits per heavy atom. The third-order valence-corrected chi connectivity index (χ3v) is 5.93. The first kappa shape index (κ1) is 16.5. The van der Waals surface area contributed by atoms with Crippen LogP contribution in [-0.2, 0) is 13.1 Å². The molecule has 0 aromatic carbocycles. The maximum atomic E-state index is 4.87. The number of hydrogen-bond donors (Lipinski definition) is 1. The van der Waals surface area contributed by atoms with E-state index >= 15 is 0 Å². The molecule has 0 aliphatic carbocycles. The Morgan fingerprint density at radius 1 is 1.20 bits per heavy atom. The minimum atomic E-state index is 0.797. The van der Waals surface area contributed by atoms with Crippen LogP contribution in [0.4, 0.5) is 5.82 Å². The van der Waals surface area contributed by atoms with Gasteiger partial charge in [0.15, 0.2) is 0 Å². The molecule has 0 spiro atoms. The second-order valence-corrected chi connectivity index (χ2v) is 7.83. The van der Waals surface area contributed by atoms with Gasteiger partial charge in [0.25, 0.3) is 0 Å². The SMILES string of the molecule is Cc1sc2nc(CN3CCCC3)nc(NCCn3cccn3)c2c1C. The van der Waals surface area contributed by atoms with Crippen LogP contribution in [0.25, 0.3) is 10.2 Å². The van der Waals surface area contributed by atoms with Gasteiger partial charge in [-0.15, -0.1) is 11.3 Å². The van der Waals surface area contributed by atoms with Crippen LogP contribution in [-0.4, -0.2) is 44.3 Å². The lowest BCUT2D eigenvalue weighted by Crippen LogP contribution is -2.20. The highest BCUT2D eigenvalue weighted by molar-refractivity contribution is 7.18. The van der Waals surface area contributed by atoms with Crippen LogP contribution in [0.1, 0.15) is 29.1 Å². The number of thiophene rings is 1. The van der Waals surface area contributed by atoms with Gasteiger partial charge in [0, 0.05) is 23.8 Å². The fourth-order valence-corrected chi connectivity index (χ4v) is 4.40. The molecule has 1 aliphatic heterocycles. The number of likely N-dealkylation sites (tertiary alicyclic amines) is 1. The smallest absolute Gasteiger partial charge is 0.146 e. The summed E-state index contributed by atoms with van der Waals surface area (Å²) in [5, 5.41) is 8.95. The first-order valence-electron chi connectivity index (χ1n) is 8.91. The molecule has 1 fully saturated rings. The monoisotopic (exact) mass is 356 g/mol.